The highest BCUT2D eigenvalue weighted by Gasteiger charge is 2.39. The van der Waals surface area contributed by atoms with Crippen molar-refractivity contribution in [1.29, 1.82) is 0 Å². The van der Waals surface area contributed by atoms with Gasteiger partial charge in [0.1, 0.15) is 5.54 Å². The molecule has 2 rings (SSSR count). The van der Waals surface area contributed by atoms with Crippen molar-refractivity contribution in [3.63, 3.8) is 0 Å². The van der Waals surface area contributed by atoms with Crippen molar-refractivity contribution in [3.8, 4) is 0 Å². The average Bonchev–Trinajstić information content (AvgIpc) is 3.09. The van der Waals surface area contributed by atoms with Crippen LogP contribution in [0.5, 0.6) is 0 Å². The van der Waals surface area contributed by atoms with Crippen LogP contribution in [0, 0.1) is 11.3 Å². The minimum absolute atomic E-state index is 0.280. The zero-order chi connectivity index (χ0) is 15.7. The first-order chi connectivity index (χ1) is 9.70. The van der Waals surface area contributed by atoms with E-state index in [4.69, 9.17) is 4.74 Å². The van der Waals surface area contributed by atoms with Crippen LogP contribution in [-0.2, 0) is 9.53 Å². The Morgan fingerprint density at radius 3 is 2.57 bits per heavy atom. The molecule has 0 radical (unpaired) electrons. The number of carbonyl (C=O) groups is 1. The van der Waals surface area contributed by atoms with Gasteiger partial charge < -0.3 is 9.84 Å². The molecule has 0 aliphatic heterocycles. The second-order valence-corrected chi connectivity index (χ2v) is 8.21. The molecule has 0 aromatic carbocycles. The van der Waals surface area contributed by atoms with E-state index in [0.29, 0.717) is 30.4 Å². The van der Waals surface area contributed by atoms with Crippen LogP contribution in [-0.4, -0.2) is 35.4 Å². The van der Waals surface area contributed by atoms with Crippen molar-refractivity contribution in [2.45, 2.75) is 83.9 Å². The Kier molecular flexibility index (Phi) is 4.99. The predicted molar refractivity (Wildman–Crippen MR) is 83.4 cm³/mol. The lowest BCUT2D eigenvalue weighted by atomic mass is 9.71. The van der Waals surface area contributed by atoms with Gasteiger partial charge in [0.15, 0.2) is 0 Å². The molecule has 2 fully saturated rings. The molecule has 0 spiro atoms. The number of aliphatic carboxylic acids is 1. The normalized spacial score (nSPS) is 31.6. The molecule has 4 heteroatoms. The van der Waals surface area contributed by atoms with E-state index in [2.05, 4.69) is 26.1 Å². The molecule has 0 amide bonds. The van der Waals surface area contributed by atoms with Crippen molar-refractivity contribution < 1.29 is 14.6 Å². The van der Waals surface area contributed by atoms with Crippen molar-refractivity contribution in [2.24, 2.45) is 11.3 Å². The van der Waals surface area contributed by atoms with Crippen LogP contribution in [0.15, 0.2) is 0 Å². The van der Waals surface area contributed by atoms with Crippen molar-refractivity contribution in [2.75, 3.05) is 6.61 Å². The molecule has 3 atom stereocenters. The molecule has 0 saturated heterocycles. The molecule has 4 nitrogen and oxygen atoms in total. The Bertz CT molecular complexity index is 378. The van der Waals surface area contributed by atoms with Crippen LogP contribution >= 0.6 is 0 Å². The Morgan fingerprint density at radius 1 is 1.38 bits per heavy atom. The van der Waals surface area contributed by atoms with Gasteiger partial charge in [-0.1, -0.05) is 20.8 Å². The summed E-state index contributed by atoms with van der Waals surface area (Å²) < 4.78 is 6.03. The molecule has 0 aromatic heterocycles. The number of nitrogens with one attached hydrogen (secondary N) is 1. The van der Waals surface area contributed by atoms with E-state index in [-0.39, 0.29) is 6.10 Å². The van der Waals surface area contributed by atoms with Crippen molar-refractivity contribution in [1.82, 2.24) is 5.32 Å². The molecular formula is C17H31NO3. The fourth-order valence-electron chi connectivity index (χ4n) is 3.73. The molecule has 122 valence electrons. The third kappa shape index (κ3) is 4.96. The summed E-state index contributed by atoms with van der Waals surface area (Å²) in [6.07, 6.45) is 6.44. The van der Waals surface area contributed by atoms with E-state index in [1.54, 1.807) is 6.92 Å². The standard InChI is InChI=1S/C17H31NO3/c1-12-9-14(11-16(2,3)10-12)21-8-7-17(4,15(19)20)18-13-5-6-13/h12-14,18H,5-11H2,1-4H3,(H,19,20). The highest BCUT2D eigenvalue weighted by Crippen LogP contribution is 2.39. The molecule has 2 saturated carbocycles. The quantitative estimate of drug-likeness (QED) is 0.757. The van der Waals surface area contributed by atoms with Gasteiger partial charge in [-0.3, -0.25) is 10.1 Å². The summed E-state index contributed by atoms with van der Waals surface area (Å²) in [5, 5.41) is 12.7. The van der Waals surface area contributed by atoms with E-state index < -0.39 is 11.5 Å². The van der Waals surface area contributed by atoms with Gasteiger partial charge in [-0.05, 0) is 56.8 Å². The summed E-state index contributed by atoms with van der Waals surface area (Å²) in [5.74, 6) is -0.0791. The van der Waals surface area contributed by atoms with Crippen LogP contribution in [0.3, 0.4) is 0 Å². The molecule has 0 aromatic rings. The first-order valence-electron chi connectivity index (χ1n) is 8.33. The van der Waals surface area contributed by atoms with E-state index in [0.717, 1.165) is 25.7 Å². The summed E-state index contributed by atoms with van der Waals surface area (Å²) in [7, 11) is 0. The lowest BCUT2D eigenvalue weighted by Crippen LogP contribution is -2.51. The van der Waals surface area contributed by atoms with Gasteiger partial charge in [0, 0.05) is 12.6 Å². The molecule has 2 N–H and O–H groups in total. The maximum absolute atomic E-state index is 11.5. The van der Waals surface area contributed by atoms with Crippen molar-refractivity contribution >= 4 is 5.97 Å². The summed E-state index contributed by atoms with van der Waals surface area (Å²) in [4.78, 5) is 11.5. The second-order valence-electron chi connectivity index (χ2n) is 8.21. The molecule has 21 heavy (non-hydrogen) atoms. The zero-order valence-electron chi connectivity index (χ0n) is 13.9. The smallest absolute Gasteiger partial charge is 0.323 e. The second kappa shape index (κ2) is 6.25. The predicted octanol–water partition coefficient (Wildman–Crippen LogP) is 3.20. The van der Waals surface area contributed by atoms with Crippen LogP contribution < -0.4 is 5.32 Å². The van der Waals surface area contributed by atoms with E-state index in [9.17, 15) is 9.90 Å². The number of carboxylic acids is 1. The fourth-order valence-corrected chi connectivity index (χ4v) is 3.73. The molecule has 0 heterocycles. The van der Waals surface area contributed by atoms with Gasteiger partial charge in [0.05, 0.1) is 6.10 Å². The van der Waals surface area contributed by atoms with E-state index in [1.807, 2.05) is 0 Å². The number of hydrogen-bond donors (Lipinski definition) is 2. The summed E-state index contributed by atoms with van der Waals surface area (Å²) in [5.41, 5.74) is -0.512. The Morgan fingerprint density at radius 2 is 2.05 bits per heavy atom. The Hall–Kier alpha value is -0.610. The van der Waals surface area contributed by atoms with Gasteiger partial charge in [-0.2, -0.15) is 0 Å². The van der Waals surface area contributed by atoms with Crippen LogP contribution in [0.25, 0.3) is 0 Å². The third-order valence-electron chi connectivity index (χ3n) is 4.87. The van der Waals surface area contributed by atoms with Gasteiger partial charge in [0.25, 0.3) is 0 Å². The van der Waals surface area contributed by atoms with Gasteiger partial charge >= 0.3 is 5.97 Å². The summed E-state index contributed by atoms with van der Waals surface area (Å²) in [6, 6.07) is 0.389. The fraction of sp³-hybridized carbons (Fsp3) is 0.941. The first-order valence-corrected chi connectivity index (χ1v) is 8.33. The average molecular weight is 297 g/mol. The minimum Gasteiger partial charge on any atom is -0.480 e. The Labute approximate surface area is 128 Å². The lowest BCUT2D eigenvalue weighted by molar-refractivity contribution is -0.145. The topological polar surface area (TPSA) is 58.6 Å². The summed E-state index contributed by atoms with van der Waals surface area (Å²) in [6.45, 7) is 9.19. The lowest BCUT2D eigenvalue weighted by Gasteiger charge is -2.39. The number of rotatable bonds is 7. The first kappa shape index (κ1) is 16.8. The monoisotopic (exact) mass is 297 g/mol. The van der Waals surface area contributed by atoms with Crippen LogP contribution in [0.2, 0.25) is 0 Å². The molecular weight excluding hydrogens is 266 g/mol. The van der Waals surface area contributed by atoms with Gasteiger partial charge in [-0.15, -0.1) is 0 Å². The Balaban J connectivity index is 1.80. The summed E-state index contributed by atoms with van der Waals surface area (Å²) >= 11 is 0. The van der Waals surface area contributed by atoms with E-state index in [1.165, 1.54) is 6.42 Å². The van der Waals surface area contributed by atoms with E-state index >= 15 is 0 Å². The maximum atomic E-state index is 11.5. The zero-order valence-corrected chi connectivity index (χ0v) is 13.9. The largest absolute Gasteiger partial charge is 0.480 e. The molecule has 3 unspecified atom stereocenters. The maximum Gasteiger partial charge on any atom is 0.323 e. The number of hydrogen-bond acceptors (Lipinski definition) is 3. The number of carboxylic acid groups (broad SMARTS) is 1. The minimum atomic E-state index is -0.850. The highest BCUT2D eigenvalue weighted by atomic mass is 16.5. The van der Waals surface area contributed by atoms with Crippen LogP contribution in [0.4, 0.5) is 0 Å². The SMILES string of the molecule is CC1CC(OCCC(C)(NC2CC2)C(=O)O)CC(C)(C)C1. The van der Waals surface area contributed by atoms with Gasteiger partial charge in [-0.25, -0.2) is 0 Å². The molecule has 2 aliphatic carbocycles. The van der Waals surface area contributed by atoms with Crippen molar-refractivity contribution in [3.05, 3.63) is 0 Å². The van der Waals surface area contributed by atoms with Crippen LogP contribution in [0.1, 0.15) is 66.2 Å². The molecule has 0 bridgehead atoms. The van der Waals surface area contributed by atoms with Gasteiger partial charge in [0.2, 0.25) is 0 Å². The molecule has 2 aliphatic rings. The highest BCUT2D eigenvalue weighted by molar-refractivity contribution is 5.78. The number of ether oxygens (including phenoxy) is 1. The third-order valence-corrected chi connectivity index (χ3v) is 4.87.